The van der Waals surface area contributed by atoms with Crippen LogP contribution in [-0.4, -0.2) is 31.7 Å². The van der Waals surface area contributed by atoms with Crippen molar-refractivity contribution in [1.29, 1.82) is 0 Å². The number of halogens is 1. The summed E-state index contributed by atoms with van der Waals surface area (Å²) >= 11 is 0. The number of carbonyl (C=O) groups excluding carboxylic acids is 1. The number of aryl methyl sites for hydroxylation is 1. The zero-order valence-electron chi connectivity index (χ0n) is 16.8. The van der Waals surface area contributed by atoms with Gasteiger partial charge < -0.3 is 5.32 Å². The van der Waals surface area contributed by atoms with E-state index in [9.17, 15) is 17.6 Å². The highest BCUT2D eigenvalue weighted by Crippen LogP contribution is 2.33. The molecule has 0 radical (unpaired) electrons. The van der Waals surface area contributed by atoms with Gasteiger partial charge in [-0.1, -0.05) is 31.2 Å². The first-order valence-electron chi connectivity index (χ1n) is 9.86. The van der Waals surface area contributed by atoms with Crippen LogP contribution < -0.4 is 5.32 Å². The molecule has 2 aromatic rings. The third-order valence-corrected chi connectivity index (χ3v) is 7.40. The molecule has 7 heteroatoms. The minimum atomic E-state index is -3.65. The smallest absolute Gasteiger partial charge is 0.243 e. The molecule has 1 fully saturated rings. The van der Waals surface area contributed by atoms with E-state index in [2.05, 4.69) is 5.32 Å². The van der Waals surface area contributed by atoms with Crippen molar-refractivity contribution in [2.75, 3.05) is 13.1 Å². The van der Waals surface area contributed by atoms with Gasteiger partial charge >= 0.3 is 0 Å². The highest BCUT2D eigenvalue weighted by Gasteiger charge is 2.41. The summed E-state index contributed by atoms with van der Waals surface area (Å²) in [7, 11) is -3.65. The first-order chi connectivity index (χ1) is 13.7. The summed E-state index contributed by atoms with van der Waals surface area (Å²) in [6.45, 7) is 4.64. The van der Waals surface area contributed by atoms with Crippen molar-refractivity contribution in [2.24, 2.45) is 5.41 Å². The number of nitrogens with one attached hydrogen (secondary N) is 1. The summed E-state index contributed by atoms with van der Waals surface area (Å²) in [4.78, 5) is 13.1. The summed E-state index contributed by atoms with van der Waals surface area (Å²) in [6.07, 6.45) is 2.08. The van der Waals surface area contributed by atoms with Gasteiger partial charge in [0.1, 0.15) is 5.82 Å². The van der Waals surface area contributed by atoms with E-state index in [4.69, 9.17) is 0 Å². The molecular formula is C22H27FN2O3S. The molecule has 1 atom stereocenters. The largest absolute Gasteiger partial charge is 0.352 e. The Hall–Kier alpha value is -2.25. The highest BCUT2D eigenvalue weighted by atomic mass is 32.2. The van der Waals surface area contributed by atoms with Crippen LogP contribution in [0.4, 0.5) is 4.39 Å². The van der Waals surface area contributed by atoms with Crippen LogP contribution in [0.2, 0.25) is 0 Å². The molecule has 1 heterocycles. The topological polar surface area (TPSA) is 66.5 Å². The van der Waals surface area contributed by atoms with E-state index in [-0.39, 0.29) is 29.7 Å². The molecule has 0 bridgehead atoms. The number of carbonyl (C=O) groups is 1. The maximum absolute atomic E-state index is 13.1. The number of piperidine rings is 1. The van der Waals surface area contributed by atoms with Crippen molar-refractivity contribution in [3.05, 3.63) is 65.5 Å². The first kappa shape index (κ1) is 21.5. The van der Waals surface area contributed by atoms with Crippen LogP contribution in [0.25, 0.3) is 0 Å². The van der Waals surface area contributed by atoms with Crippen LogP contribution in [-0.2, 0) is 27.8 Å². The number of hydrogen-bond donors (Lipinski definition) is 1. The second-order valence-electron chi connectivity index (χ2n) is 7.81. The molecular weight excluding hydrogens is 391 g/mol. The van der Waals surface area contributed by atoms with Gasteiger partial charge in [0.2, 0.25) is 15.9 Å². The Bertz CT molecular complexity index is 959. The fraction of sp³-hybridized carbons (Fsp3) is 0.409. The molecule has 1 N–H and O–H groups in total. The molecule has 2 aromatic carbocycles. The maximum Gasteiger partial charge on any atom is 0.243 e. The molecule has 0 spiro atoms. The molecule has 1 aliphatic heterocycles. The van der Waals surface area contributed by atoms with Crippen molar-refractivity contribution >= 4 is 15.9 Å². The molecule has 3 rings (SSSR count). The highest BCUT2D eigenvalue weighted by molar-refractivity contribution is 7.89. The number of hydrogen-bond acceptors (Lipinski definition) is 3. The fourth-order valence-electron chi connectivity index (χ4n) is 3.63. The molecule has 156 valence electrons. The standard InChI is InChI=1S/C22H27FN2O3S/c1-3-17-7-11-20(12-8-17)29(27,28)25-14-4-13-22(2,16-25)21(26)24-15-18-5-9-19(23)10-6-18/h5-12H,3-4,13-16H2,1-2H3,(H,24,26)/t22-/m1/s1. The Morgan fingerprint density at radius 2 is 1.72 bits per heavy atom. The lowest BCUT2D eigenvalue weighted by molar-refractivity contribution is -0.132. The van der Waals surface area contributed by atoms with E-state index in [1.807, 2.05) is 19.1 Å². The van der Waals surface area contributed by atoms with Gasteiger partial charge in [-0.3, -0.25) is 4.79 Å². The molecule has 1 amide bonds. The van der Waals surface area contributed by atoms with E-state index in [1.165, 1.54) is 16.4 Å². The molecule has 0 aromatic heterocycles. The monoisotopic (exact) mass is 418 g/mol. The van der Waals surface area contributed by atoms with Gasteiger partial charge in [-0.15, -0.1) is 0 Å². The van der Waals surface area contributed by atoms with E-state index in [0.717, 1.165) is 17.5 Å². The lowest BCUT2D eigenvalue weighted by Crippen LogP contribution is -2.51. The molecule has 1 saturated heterocycles. The first-order valence-corrected chi connectivity index (χ1v) is 11.3. The summed E-state index contributed by atoms with van der Waals surface area (Å²) in [5.41, 5.74) is 1.06. The Balaban J connectivity index is 1.70. The number of benzene rings is 2. The Kier molecular flexibility index (Phi) is 6.39. The molecule has 0 aliphatic carbocycles. The van der Waals surface area contributed by atoms with E-state index in [1.54, 1.807) is 31.2 Å². The van der Waals surface area contributed by atoms with Crippen LogP contribution in [0, 0.1) is 11.2 Å². The third-order valence-electron chi connectivity index (χ3n) is 5.55. The van der Waals surface area contributed by atoms with Crippen molar-refractivity contribution in [2.45, 2.75) is 44.6 Å². The predicted octanol–water partition coefficient (Wildman–Crippen LogP) is 3.50. The van der Waals surface area contributed by atoms with Gasteiger partial charge in [-0.2, -0.15) is 4.31 Å². The van der Waals surface area contributed by atoms with Crippen LogP contribution in [0.1, 0.15) is 37.8 Å². The lowest BCUT2D eigenvalue weighted by Gasteiger charge is -2.38. The minimum Gasteiger partial charge on any atom is -0.352 e. The van der Waals surface area contributed by atoms with E-state index in [0.29, 0.717) is 19.4 Å². The zero-order valence-corrected chi connectivity index (χ0v) is 17.6. The molecule has 5 nitrogen and oxygen atoms in total. The quantitative estimate of drug-likeness (QED) is 0.781. The van der Waals surface area contributed by atoms with Crippen LogP contribution in [0.5, 0.6) is 0 Å². The fourth-order valence-corrected chi connectivity index (χ4v) is 5.23. The lowest BCUT2D eigenvalue weighted by atomic mass is 9.82. The molecule has 1 aliphatic rings. The van der Waals surface area contributed by atoms with Gasteiger partial charge in [-0.05, 0) is 61.6 Å². The Labute approximate surface area is 172 Å². The summed E-state index contributed by atoms with van der Waals surface area (Å²) in [5.74, 6) is -0.518. The van der Waals surface area contributed by atoms with Gasteiger partial charge in [0, 0.05) is 19.6 Å². The second kappa shape index (κ2) is 8.63. The van der Waals surface area contributed by atoms with Crippen molar-refractivity contribution in [3.8, 4) is 0 Å². The zero-order chi connectivity index (χ0) is 21.1. The molecule has 29 heavy (non-hydrogen) atoms. The minimum absolute atomic E-state index is 0.139. The average Bonchev–Trinajstić information content (AvgIpc) is 2.73. The van der Waals surface area contributed by atoms with Crippen molar-refractivity contribution in [1.82, 2.24) is 9.62 Å². The number of sulfonamides is 1. The summed E-state index contributed by atoms with van der Waals surface area (Å²) in [5, 5.41) is 2.87. The van der Waals surface area contributed by atoms with E-state index < -0.39 is 15.4 Å². The van der Waals surface area contributed by atoms with Gasteiger partial charge in [0.25, 0.3) is 0 Å². The van der Waals surface area contributed by atoms with E-state index >= 15 is 0 Å². The second-order valence-corrected chi connectivity index (χ2v) is 9.75. The average molecular weight is 419 g/mol. The van der Waals surface area contributed by atoms with Crippen LogP contribution in [0.15, 0.2) is 53.4 Å². The van der Waals surface area contributed by atoms with Crippen molar-refractivity contribution < 1.29 is 17.6 Å². The summed E-state index contributed by atoms with van der Waals surface area (Å²) in [6, 6.07) is 12.9. The predicted molar refractivity (Wildman–Crippen MR) is 110 cm³/mol. The van der Waals surface area contributed by atoms with Gasteiger partial charge in [0.15, 0.2) is 0 Å². The third kappa shape index (κ3) is 4.85. The summed E-state index contributed by atoms with van der Waals surface area (Å²) < 4.78 is 40.6. The van der Waals surface area contributed by atoms with Gasteiger partial charge in [0.05, 0.1) is 10.3 Å². The molecule has 0 unspecified atom stereocenters. The molecule has 0 saturated carbocycles. The normalized spacial score (nSPS) is 20.4. The number of rotatable bonds is 6. The number of amides is 1. The number of nitrogens with zero attached hydrogens (tertiary/aromatic N) is 1. The maximum atomic E-state index is 13.1. The van der Waals surface area contributed by atoms with Crippen LogP contribution in [0.3, 0.4) is 0 Å². The SMILES string of the molecule is CCc1ccc(S(=O)(=O)N2CCC[C@@](C)(C(=O)NCc3ccc(F)cc3)C2)cc1. The van der Waals surface area contributed by atoms with Gasteiger partial charge in [-0.25, -0.2) is 12.8 Å². The van der Waals surface area contributed by atoms with Crippen molar-refractivity contribution in [3.63, 3.8) is 0 Å². The Morgan fingerprint density at radius 3 is 2.34 bits per heavy atom. The Morgan fingerprint density at radius 1 is 1.10 bits per heavy atom. The van der Waals surface area contributed by atoms with Crippen LogP contribution >= 0.6 is 0 Å².